The third kappa shape index (κ3) is 2.93. The van der Waals surface area contributed by atoms with Crippen LogP contribution in [0.2, 0.25) is 10.3 Å². The standard InChI is InChI=1S/C8H11Cl2N3O3/c9-6-1-5(7(10)13-12-6)11-8(2-14,3-15)4-16/h1,14-16H,2-4H2,(H,11,12). The molecule has 0 saturated heterocycles. The molecular formula is C8H11Cl2N3O3. The number of hydrogen-bond acceptors (Lipinski definition) is 6. The van der Waals surface area contributed by atoms with Crippen LogP contribution in [0.4, 0.5) is 5.69 Å². The molecule has 4 N–H and O–H groups in total. The molecule has 1 rings (SSSR count). The van der Waals surface area contributed by atoms with Crippen molar-refractivity contribution >= 4 is 28.9 Å². The third-order valence-corrected chi connectivity index (χ3v) is 2.49. The SMILES string of the molecule is OCC(CO)(CO)Nc1cc(Cl)nnc1Cl. The molecule has 0 saturated carbocycles. The molecule has 8 heteroatoms. The Kier molecular flexibility index (Phi) is 4.69. The lowest BCUT2D eigenvalue weighted by Gasteiger charge is -2.29. The van der Waals surface area contributed by atoms with Gasteiger partial charge in [0.1, 0.15) is 5.54 Å². The molecule has 0 aliphatic rings. The Labute approximate surface area is 102 Å². The third-order valence-electron chi connectivity index (χ3n) is 2.03. The van der Waals surface area contributed by atoms with E-state index in [1.165, 1.54) is 6.07 Å². The molecule has 0 radical (unpaired) electrons. The zero-order chi connectivity index (χ0) is 12.2. The molecule has 0 unspecified atom stereocenters. The van der Waals surface area contributed by atoms with Gasteiger partial charge in [0, 0.05) is 6.07 Å². The number of aliphatic hydroxyl groups is 3. The zero-order valence-electron chi connectivity index (χ0n) is 8.19. The van der Waals surface area contributed by atoms with Gasteiger partial charge in [0.25, 0.3) is 0 Å². The summed E-state index contributed by atoms with van der Waals surface area (Å²) < 4.78 is 0. The van der Waals surface area contributed by atoms with E-state index in [0.717, 1.165) is 0 Å². The Bertz CT molecular complexity index is 352. The van der Waals surface area contributed by atoms with Gasteiger partial charge in [-0.05, 0) is 0 Å². The summed E-state index contributed by atoms with van der Waals surface area (Å²) in [7, 11) is 0. The molecular weight excluding hydrogens is 257 g/mol. The van der Waals surface area contributed by atoms with Crippen molar-refractivity contribution in [2.75, 3.05) is 25.1 Å². The maximum absolute atomic E-state index is 9.10. The van der Waals surface area contributed by atoms with Gasteiger partial charge in [-0.3, -0.25) is 0 Å². The van der Waals surface area contributed by atoms with Crippen molar-refractivity contribution in [1.29, 1.82) is 0 Å². The largest absolute Gasteiger partial charge is 0.394 e. The van der Waals surface area contributed by atoms with Gasteiger partial charge in [-0.15, -0.1) is 10.2 Å². The molecule has 16 heavy (non-hydrogen) atoms. The fourth-order valence-corrected chi connectivity index (χ4v) is 1.28. The van der Waals surface area contributed by atoms with Crippen molar-refractivity contribution in [2.45, 2.75) is 5.54 Å². The van der Waals surface area contributed by atoms with E-state index in [9.17, 15) is 0 Å². The Hall–Kier alpha value is -0.660. The Morgan fingerprint density at radius 3 is 2.19 bits per heavy atom. The summed E-state index contributed by atoms with van der Waals surface area (Å²) in [6, 6.07) is 1.38. The molecule has 0 aliphatic carbocycles. The second-order valence-corrected chi connectivity index (χ2v) is 4.00. The first-order valence-corrected chi connectivity index (χ1v) is 5.12. The smallest absolute Gasteiger partial charge is 0.174 e. The first-order chi connectivity index (χ1) is 7.56. The van der Waals surface area contributed by atoms with Crippen molar-refractivity contribution < 1.29 is 15.3 Å². The molecule has 0 bridgehead atoms. The second kappa shape index (κ2) is 5.60. The lowest BCUT2D eigenvalue weighted by atomic mass is 10.0. The van der Waals surface area contributed by atoms with E-state index in [1.54, 1.807) is 0 Å². The van der Waals surface area contributed by atoms with Gasteiger partial charge >= 0.3 is 0 Å². The fourth-order valence-electron chi connectivity index (χ4n) is 0.995. The quantitative estimate of drug-likeness (QED) is 0.595. The van der Waals surface area contributed by atoms with Crippen molar-refractivity contribution in [2.24, 2.45) is 0 Å². The Morgan fingerprint density at radius 1 is 1.12 bits per heavy atom. The number of nitrogens with one attached hydrogen (secondary N) is 1. The van der Waals surface area contributed by atoms with Gasteiger partial charge in [0.2, 0.25) is 0 Å². The highest BCUT2D eigenvalue weighted by molar-refractivity contribution is 6.33. The van der Waals surface area contributed by atoms with E-state index in [4.69, 9.17) is 38.5 Å². The highest BCUT2D eigenvalue weighted by Crippen LogP contribution is 2.24. The molecule has 1 aromatic rings. The van der Waals surface area contributed by atoms with Crippen LogP contribution >= 0.6 is 23.2 Å². The molecule has 6 nitrogen and oxygen atoms in total. The zero-order valence-corrected chi connectivity index (χ0v) is 9.70. The first kappa shape index (κ1) is 13.4. The first-order valence-electron chi connectivity index (χ1n) is 4.36. The average Bonchev–Trinajstić information content (AvgIpc) is 2.31. The van der Waals surface area contributed by atoms with Crippen LogP contribution in [0.25, 0.3) is 0 Å². The van der Waals surface area contributed by atoms with Crippen LogP contribution in [-0.4, -0.2) is 50.9 Å². The lowest BCUT2D eigenvalue weighted by Crippen LogP contribution is -2.49. The number of anilines is 1. The monoisotopic (exact) mass is 267 g/mol. The molecule has 0 fully saturated rings. The molecule has 0 atom stereocenters. The van der Waals surface area contributed by atoms with Crippen LogP contribution in [0.3, 0.4) is 0 Å². The number of hydrogen-bond donors (Lipinski definition) is 4. The number of nitrogens with zero attached hydrogens (tertiary/aromatic N) is 2. The van der Waals surface area contributed by atoms with Gasteiger partial charge in [0.15, 0.2) is 10.3 Å². The van der Waals surface area contributed by atoms with Crippen molar-refractivity contribution in [1.82, 2.24) is 10.2 Å². The van der Waals surface area contributed by atoms with Crippen LogP contribution in [-0.2, 0) is 0 Å². The molecule has 0 amide bonds. The van der Waals surface area contributed by atoms with Gasteiger partial charge in [-0.25, -0.2) is 0 Å². The average molecular weight is 268 g/mol. The number of aliphatic hydroxyl groups excluding tert-OH is 3. The van der Waals surface area contributed by atoms with Crippen LogP contribution < -0.4 is 5.32 Å². The second-order valence-electron chi connectivity index (χ2n) is 3.25. The minimum absolute atomic E-state index is 0.0316. The topological polar surface area (TPSA) is 98.5 Å². The van der Waals surface area contributed by atoms with E-state index >= 15 is 0 Å². The van der Waals surface area contributed by atoms with E-state index in [-0.39, 0.29) is 16.0 Å². The summed E-state index contributed by atoms with van der Waals surface area (Å²) in [4.78, 5) is 0. The Morgan fingerprint density at radius 2 is 1.69 bits per heavy atom. The summed E-state index contributed by atoms with van der Waals surface area (Å²) in [5.74, 6) is 0. The van der Waals surface area contributed by atoms with E-state index in [0.29, 0.717) is 0 Å². The van der Waals surface area contributed by atoms with Crippen molar-refractivity contribution in [3.63, 3.8) is 0 Å². The van der Waals surface area contributed by atoms with E-state index in [1.807, 2.05) is 0 Å². The normalized spacial score (nSPS) is 11.6. The molecule has 1 heterocycles. The highest BCUT2D eigenvalue weighted by atomic mass is 35.5. The number of aromatic nitrogens is 2. The van der Waals surface area contributed by atoms with E-state index in [2.05, 4.69) is 15.5 Å². The summed E-state index contributed by atoms with van der Waals surface area (Å²) in [6.45, 7) is -1.43. The summed E-state index contributed by atoms with van der Waals surface area (Å²) in [6.07, 6.45) is 0. The van der Waals surface area contributed by atoms with Crippen LogP contribution in [0.15, 0.2) is 6.07 Å². The van der Waals surface area contributed by atoms with Gasteiger partial charge in [-0.1, -0.05) is 23.2 Å². The van der Waals surface area contributed by atoms with Gasteiger partial charge in [0.05, 0.1) is 25.5 Å². The lowest BCUT2D eigenvalue weighted by molar-refractivity contribution is 0.0833. The number of halogens is 2. The minimum atomic E-state index is -1.28. The maximum Gasteiger partial charge on any atom is 0.174 e. The van der Waals surface area contributed by atoms with Crippen molar-refractivity contribution in [3.8, 4) is 0 Å². The van der Waals surface area contributed by atoms with Crippen LogP contribution in [0.5, 0.6) is 0 Å². The van der Waals surface area contributed by atoms with Crippen molar-refractivity contribution in [3.05, 3.63) is 16.4 Å². The molecule has 0 aromatic carbocycles. The summed E-state index contributed by atoms with van der Waals surface area (Å²) >= 11 is 11.3. The molecule has 0 spiro atoms. The molecule has 0 aliphatic heterocycles. The number of rotatable bonds is 5. The molecule has 1 aromatic heterocycles. The van der Waals surface area contributed by atoms with Gasteiger partial charge < -0.3 is 20.6 Å². The highest BCUT2D eigenvalue weighted by Gasteiger charge is 2.28. The Balaban J connectivity index is 2.97. The van der Waals surface area contributed by atoms with Crippen LogP contribution in [0, 0.1) is 0 Å². The van der Waals surface area contributed by atoms with E-state index < -0.39 is 25.4 Å². The maximum atomic E-state index is 9.10. The summed E-state index contributed by atoms with van der Waals surface area (Å²) in [5, 5.41) is 37.2. The minimum Gasteiger partial charge on any atom is -0.394 e. The van der Waals surface area contributed by atoms with Gasteiger partial charge in [-0.2, -0.15) is 0 Å². The summed E-state index contributed by atoms with van der Waals surface area (Å²) in [5.41, 5.74) is -1.01. The predicted molar refractivity (Wildman–Crippen MR) is 59.7 cm³/mol. The molecule has 90 valence electrons. The fraction of sp³-hybridized carbons (Fsp3) is 0.500. The van der Waals surface area contributed by atoms with Crippen LogP contribution in [0.1, 0.15) is 0 Å². The predicted octanol–water partition coefficient (Wildman–Crippen LogP) is -0.0890.